The van der Waals surface area contributed by atoms with Crippen LogP contribution in [0.1, 0.15) is 36.5 Å². The molecule has 0 radical (unpaired) electrons. The van der Waals surface area contributed by atoms with Crippen LogP contribution in [0.25, 0.3) is 5.57 Å². The number of nitrogens with zero attached hydrogens (tertiary/aromatic N) is 1. The van der Waals surface area contributed by atoms with Crippen LogP contribution in [0.3, 0.4) is 0 Å². The van der Waals surface area contributed by atoms with Gasteiger partial charge in [-0.2, -0.15) is 5.26 Å². The first-order valence-corrected chi connectivity index (χ1v) is 6.54. The van der Waals surface area contributed by atoms with Crippen LogP contribution in [0.5, 0.6) is 0 Å². The molecule has 0 fully saturated rings. The fraction of sp³-hybridized carbons (Fsp3) is 0.278. The second-order valence-electron chi connectivity index (χ2n) is 4.83. The third-order valence-corrected chi connectivity index (χ3v) is 3.03. The maximum atomic E-state index is 7.79. The van der Waals surface area contributed by atoms with Gasteiger partial charge in [-0.25, -0.2) is 0 Å². The van der Waals surface area contributed by atoms with E-state index in [-0.39, 0.29) is 0 Å². The quantitative estimate of drug-likeness (QED) is 0.635. The Labute approximate surface area is 116 Å². The number of nitriles is 1. The van der Waals surface area contributed by atoms with Crippen molar-refractivity contribution in [3.63, 3.8) is 0 Å². The molecule has 0 saturated heterocycles. The fourth-order valence-corrected chi connectivity index (χ4v) is 1.75. The molecule has 1 aliphatic carbocycles. The summed E-state index contributed by atoms with van der Waals surface area (Å²) in [6.07, 6.45) is 9.18. The Morgan fingerprint density at radius 2 is 1.89 bits per heavy atom. The molecule has 0 aliphatic heterocycles. The normalized spacial score (nSPS) is 12.8. The Bertz CT molecular complexity index is 554. The first kappa shape index (κ1) is 15.0. The van der Waals surface area contributed by atoms with Gasteiger partial charge in [0.05, 0.1) is 6.07 Å². The molecular weight excluding hydrogens is 230 g/mol. The van der Waals surface area contributed by atoms with E-state index in [2.05, 4.69) is 56.9 Å². The van der Waals surface area contributed by atoms with Gasteiger partial charge in [-0.15, -0.1) is 0 Å². The van der Waals surface area contributed by atoms with E-state index in [1.807, 2.05) is 6.07 Å². The summed E-state index contributed by atoms with van der Waals surface area (Å²) >= 11 is 0. The zero-order valence-corrected chi connectivity index (χ0v) is 12.0. The zero-order valence-electron chi connectivity index (χ0n) is 12.0. The maximum Gasteiger partial charge on any atom is 0.0937 e. The van der Waals surface area contributed by atoms with E-state index >= 15 is 0 Å². The Kier molecular flexibility index (Phi) is 5.82. The lowest BCUT2D eigenvalue weighted by Gasteiger charge is -2.09. The molecule has 0 spiro atoms. The molecule has 0 aromatic heterocycles. The van der Waals surface area contributed by atoms with Crippen LogP contribution in [0.4, 0.5) is 0 Å². The number of rotatable bonds is 1. The van der Waals surface area contributed by atoms with E-state index in [4.69, 9.17) is 5.26 Å². The Balaban J connectivity index is 0.000000312. The van der Waals surface area contributed by atoms with Gasteiger partial charge in [0, 0.05) is 5.57 Å². The third-order valence-electron chi connectivity index (χ3n) is 3.03. The third kappa shape index (κ3) is 4.97. The Morgan fingerprint density at radius 1 is 1.21 bits per heavy atom. The van der Waals surface area contributed by atoms with Crippen molar-refractivity contribution in [1.82, 2.24) is 0 Å². The van der Waals surface area contributed by atoms with Crippen LogP contribution in [-0.4, -0.2) is 0 Å². The molecule has 1 nitrogen and oxygen atoms in total. The second-order valence-corrected chi connectivity index (χ2v) is 4.83. The summed E-state index contributed by atoms with van der Waals surface area (Å²) in [6.45, 7) is 9.31. The molecule has 0 saturated carbocycles. The Morgan fingerprint density at radius 3 is 2.37 bits per heavy atom. The van der Waals surface area contributed by atoms with Crippen LogP contribution in [0.15, 0.2) is 48.6 Å². The van der Waals surface area contributed by atoms with Gasteiger partial charge in [-0.3, -0.25) is 0 Å². The molecule has 1 aliphatic rings. The fourth-order valence-electron chi connectivity index (χ4n) is 1.75. The van der Waals surface area contributed by atoms with Crippen LogP contribution in [0.2, 0.25) is 0 Å². The summed E-state index contributed by atoms with van der Waals surface area (Å²) in [5.74, 6) is 0. The monoisotopic (exact) mass is 251 g/mol. The highest BCUT2D eigenvalue weighted by Gasteiger charge is 2.02. The number of aryl methyl sites for hydroxylation is 2. The number of allylic oxidation sites excluding steroid dienone is 5. The molecule has 1 aromatic carbocycles. The van der Waals surface area contributed by atoms with Crippen molar-refractivity contribution in [2.24, 2.45) is 0 Å². The molecule has 19 heavy (non-hydrogen) atoms. The van der Waals surface area contributed by atoms with Gasteiger partial charge >= 0.3 is 0 Å². The standard InChI is InChI=1S/C14H16.C4H5N/c1-11-8-9-14(10-12(11)2)13-6-4-3-5-7-13;1-4(2)3-5/h4,6-10H,3,5H2,1-2H3;1H2,2H3. The summed E-state index contributed by atoms with van der Waals surface area (Å²) in [4.78, 5) is 0. The average molecular weight is 251 g/mol. The zero-order chi connectivity index (χ0) is 14.3. The highest BCUT2D eigenvalue weighted by molar-refractivity contribution is 5.75. The minimum absolute atomic E-state index is 0.560. The topological polar surface area (TPSA) is 23.8 Å². The van der Waals surface area contributed by atoms with Crippen molar-refractivity contribution in [3.05, 3.63) is 65.3 Å². The first-order valence-electron chi connectivity index (χ1n) is 6.54. The first-order chi connectivity index (χ1) is 9.04. The molecule has 0 bridgehead atoms. The van der Waals surface area contributed by atoms with Crippen molar-refractivity contribution in [2.75, 3.05) is 0 Å². The summed E-state index contributed by atoms with van der Waals surface area (Å²) in [7, 11) is 0. The summed E-state index contributed by atoms with van der Waals surface area (Å²) in [5.41, 5.74) is 6.03. The second kappa shape index (κ2) is 7.38. The van der Waals surface area contributed by atoms with E-state index in [9.17, 15) is 0 Å². The minimum Gasteiger partial charge on any atom is -0.193 e. The largest absolute Gasteiger partial charge is 0.193 e. The molecule has 1 aromatic rings. The van der Waals surface area contributed by atoms with Crippen LogP contribution >= 0.6 is 0 Å². The summed E-state index contributed by atoms with van der Waals surface area (Å²) < 4.78 is 0. The molecule has 0 N–H and O–H groups in total. The van der Waals surface area contributed by atoms with Gasteiger partial charge in [0.25, 0.3) is 0 Å². The summed E-state index contributed by atoms with van der Waals surface area (Å²) in [5, 5.41) is 7.79. The molecule has 0 atom stereocenters. The SMILES string of the molecule is C=C(C)C#N.Cc1ccc(C2=CCCC=C2)cc1C. The summed E-state index contributed by atoms with van der Waals surface area (Å²) in [6, 6.07) is 8.52. The number of benzene rings is 1. The van der Waals surface area contributed by atoms with Crippen molar-refractivity contribution < 1.29 is 0 Å². The van der Waals surface area contributed by atoms with Crippen molar-refractivity contribution in [1.29, 1.82) is 5.26 Å². The molecule has 1 heteroatoms. The van der Waals surface area contributed by atoms with Crippen molar-refractivity contribution in [3.8, 4) is 6.07 Å². The lowest BCUT2D eigenvalue weighted by Crippen LogP contribution is -1.88. The molecule has 2 rings (SSSR count). The molecule has 98 valence electrons. The van der Waals surface area contributed by atoms with E-state index in [1.165, 1.54) is 35.1 Å². The van der Waals surface area contributed by atoms with Crippen LogP contribution in [0, 0.1) is 25.2 Å². The van der Waals surface area contributed by atoms with Gasteiger partial charge in [0.15, 0.2) is 0 Å². The lowest BCUT2D eigenvalue weighted by molar-refractivity contribution is 1.04. The smallest absolute Gasteiger partial charge is 0.0937 e. The van der Waals surface area contributed by atoms with Gasteiger partial charge in [0.2, 0.25) is 0 Å². The molecule has 0 unspecified atom stereocenters. The van der Waals surface area contributed by atoms with Gasteiger partial charge in [-0.1, -0.05) is 43.0 Å². The minimum atomic E-state index is 0.560. The Hall–Kier alpha value is -2.07. The predicted octanol–water partition coefficient (Wildman–Crippen LogP) is 5.12. The van der Waals surface area contributed by atoms with Crippen molar-refractivity contribution in [2.45, 2.75) is 33.6 Å². The van der Waals surface area contributed by atoms with E-state index in [1.54, 1.807) is 6.92 Å². The number of hydrogen-bond acceptors (Lipinski definition) is 1. The van der Waals surface area contributed by atoms with E-state index in [0.717, 1.165) is 0 Å². The van der Waals surface area contributed by atoms with Gasteiger partial charge < -0.3 is 0 Å². The lowest BCUT2D eigenvalue weighted by atomic mass is 9.97. The van der Waals surface area contributed by atoms with Gasteiger partial charge in [0.1, 0.15) is 0 Å². The molecular formula is C18H21N. The molecule has 0 heterocycles. The average Bonchev–Trinajstić information content (AvgIpc) is 2.43. The van der Waals surface area contributed by atoms with Crippen LogP contribution in [-0.2, 0) is 0 Å². The predicted molar refractivity (Wildman–Crippen MR) is 82.7 cm³/mol. The maximum absolute atomic E-state index is 7.79. The number of hydrogen-bond donors (Lipinski definition) is 0. The van der Waals surface area contributed by atoms with Gasteiger partial charge in [-0.05, 0) is 55.9 Å². The highest BCUT2D eigenvalue weighted by Crippen LogP contribution is 2.23. The van der Waals surface area contributed by atoms with E-state index in [0.29, 0.717) is 5.57 Å². The van der Waals surface area contributed by atoms with E-state index < -0.39 is 0 Å². The highest BCUT2D eigenvalue weighted by atomic mass is 14.2. The molecule has 0 amide bonds. The van der Waals surface area contributed by atoms with Crippen molar-refractivity contribution >= 4 is 5.57 Å². The van der Waals surface area contributed by atoms with Crippen LogP contribution < -0.4 is 0 Å².